The number of hydrogen-bond donors (Lipinski definition) is 0. The van der Waals surface area contributed by atoms with E-state index in [1.807, 2.05) is 32.0 Å². The first kappa shape index (κ1) is 18.6. The highest BCUT2D eigenvalue weighted by atomic mass is 79.9. The quantitative estimate of drug-likeness (QED) is 0.732. The lowest BCUT2D eigenvalue weighted by Gasteiger charge is -2.34. The van der Waals surface area contributed by atoms with Crippen LogP contribution in [0.2, 0.25) is 0 Å². The van der Waals surface area contributed by atoms with Gasteiger partial charge in [0.15, 0.2) is 0 Å². The van der Waals surface area contributed by atoms with Crippen molar-refractivity contribution >= 4 is 43.2 Å². The van der Waals surface area contributed by atoms with Crippen molar-refractivity contribution < 1.29 is 13.2 Å². The van der Waals surface area contributed by atoms with Crippen molar-refractivity contribution in [2.75, 3.05) is 26.2 Å². The molecule has 5 nitrogen and oxygen atoms in total. The summed E-state index contributed by atoms with van der Waals surface area (Å²) >= 11 is 4.50. The second-order valence-electron chi connectivity index (χ2n) is 6.00. The van der Waals surface area contributed by atoms with Crippen molar-refractivity contribution in [3.8, 4) is 0 Å². The summed E-state index contributed by atoms with van der Waals surface area (Å²) in [6.45, 7) is 5.35. The number of carbonyl (C=O) groups excluding carboxylic acids is 1. The maximum Gasteiger partial charge on any atom is 0.254 e. The number of nitrogens with zero attached hydrogens (tertiary/aromatic N) is 2. The normalized spacial score (nSPS) is 16.2. The van der Waals surface area contributed by atoms with Gasteiger partial charge in [0.2, 0.25) is 0 Å². The van der Waals surface area contributed by atoms with Crippen molar-refractivity contribution in [3.63, 3.8) is 0 Å². The summed E-state index contributed by atoms with van der Waals surface area (Å²) in [5.74, 6) is -0.0304. The van der Waals surface area contributed by atoms with Crippen LogP contribution >= 0.6 is 27.3 Å². The van der Waals surface area contributed by atoms with Crippen LogP contribution in [0.5, 0.6) is 0 Å². The fraction of sp³-hybridized carbons (Fsp3) is 0.353. The lowest BCUT2D eigenvalue weighted by molar-refractivity contribution is 0.0697. The first-order valence-corrected chi connectivity index (χ1v) is 11.0. The fourth-order valence-electron chi connectivity index (χ4n) is 2.85. The molecular formula is C17H19BrN2O3S2. The van der Waals surface area contributed by atoms with E-state index in [1.54, 1.807) is 17.0 Å². The summed E-state index contributed by atoms with van der Waals surface area (Å²) in [4.78, 5) is 14.5. The van der Waals surface area contributed by atoms with Gasteiger partial charge < -0.3 is 4.90 Å². The Morgan fingerprint density at radius 2 is 1.76 bits per heavy atom. The van der Waals surface area contributed by atoms with Crippen LogP contribution in [0.15, 0.2) is 38.3 Å². The maximum atomic E-state index is 12.8. The zero-order valence-electron chi connectivity index (χ0n) is 14.0. The number of piperazine rings is 1. The van der Waals surface area contributed by atoms with E-state index in [4.69, 9.17) is 0 Å². The predicted octanol–water partition coefficient (Wildman–Crippen LogP) is 3.27. The van der Waals surface area contributed by atoms with Crippen LogP contribution in [0.4, 0.5) is 0 Å². The van der Waals surface area contributed by atoms with E-state index in [9.17, 15) is 13.2 Å². The third-order valence-electron chi connectivity index (χ3n) is 4.50. The SMILES string of the molecule is Cc1cccc(C(=O)N2CCN(S(=O)(=O)c3ccc(Br)s3)CC2)c1C. The molecule has 0 spiro atoms. The Hall–Kier alpha value is -1.22. The highest BCUT2D eigenvalue weighted by Crippen LogP contribution is 2.29. The molecule has 0 atom stereocenters. The second-order valence-corrected chi connectivity index (χ2v) is 10.6. The van der Waals surface area contributed by atoms with Gasteiger partial charge in [0.25, 0.3) is 15.9 Å². The fourth-order valence-corrected chi connectivity index (χ4v) is 6.43. The van der Waals surface area contributed by atoms with Gasteiger partial charge in [-0.1, -0.05) is 12.1 Å². The average Bonchev–Trinajstić information content (AvgIpc) is 3.04. The van der Waals surface area contributed by atoms with Gasteiger partial charge in [-0.3, -0.25) is 4.79 Å². The molecule has 1 aromatic heterocycles. The number of benzene rings is 1. The molecule has 3 rings (SSSR count). The van der Waals surface area contributed by atoms with Crippen LogP contribution in [-0.2, 0) is 10.0 Å². The second kappa shape index (κ2) is 7.19. The minimum atomic E-state index is -3.49. The largest absolute Gasteiger partial charge is 0.336 e. The Kier molecular flexibility index (Phi) is 5.34. The van der Waals surface area contributed by atoms with Crippen molar-refractivity contribution in [2.24, 2.45) is 0 Å². The molecule has 2 aromatic rings. The Labute approximate surface area is 160 Å². The van der Waals surface area contributed by atoms with Crippen molar-refractivity contribution in [1.29, 1.82) is 0 Å². The van der Waals surface area contributed by atoms with Gasteiger partial charge in [0, 0.05) is 31.7 Å². The highest BCUT2D eigenvalue weighted by molar-refractivity contribution is 9.11. The molecule has 0 bridgehead atoms. The number of aryl methyl sites for hydroxylation is 1. The molecule has 25 heavy (non-hydrogen) atoms. The summed E-state index contributed by atoms with van der Waals surface area (Å²) in [7, 11) is -3.49. The Balaban J connectivity index is 1.71. The predicted molar refractivity (Wildman–Crippen MR) is 103 cm³/mol. The molecule has 0 N–H and O–H groups in total. The molecule has 0 aliphatic carbocycles. The minimum Gasteiger partial charge on any atom is -0.336 e. The van der Waals surface area contributed by atoms with Crippen molar-refractivity contribution in [3.05, 3.63) is 50.8 Å². The summed E-state index contributed by atoms with van der Waals surface area (Å²) in [6, 6.07) is 9.03. The molecule has 1 fully saturated rings. The topological polar surface area (TPSA) is 57.7 Å². The van der Waals surface area contributed by atoms with E-state index in [-0.39, 0.29) is 5.91 Å². The van der Waals surface area contributed by atoms with Crippen LogP contribution in [0.3, 0.4) is 0 Å². The zero-order valence-corrected chi connectivity index (χ0v) is 17.2. The van der Waals surface area contributed by atoms with Crippen LogP contribution in [-0.4, -0.2) is 49.7 Å². The van der Waals surface area contributed by atoms with E-state index >= 15 is 0 Å². The molecule has 8 heteroatoms. The van der Waals surface area contributed by atoms with Gasteiger partial charge in [-0.15, -0.1) is 11.3 Å². The lowest BCUT2D eigenvalue weighted by Crippen LogP contribution is -2.50. The van der Waals surface area contributed by atoms with Gasteiger partial charge >= 0.3 is 0 Å². The Bertz CT molecular complexity index is 900. The first-order chi connectivity index (χ1) is 11.8. The smallest absolute Gasteiger partial charge is 0.254 e. The summed E-state index contributed by atoms with van der Waals surface area (Å²) in [5, 5.41) is 0. The van der Waals surface area contributed by atoms with Gasteiger partial charge in [-0.05, 0) is 59.1 Å². The van der Waals surface area contributed by atoms with Gasteiger partial charge in [0.05, 0.1) is 3.79 Å². The molecule has 2 heterocycles. The number of sulfonamides is 1. The molecule has 1 aliphatic rings. The Morgan fingerprint density at radius 3 is 2.36 bits per heavy atom. The standard InChI is InChI=1S/C17H19BrN2O3S2/c1-12-4-3-5-14(13(12)2)17(21)19-8-10-20(11-9-19)25(22,23)16-7-6-15(18)24-16/h3-7H,8-11H2,1-2H3. The molecular weight excluding hydrogens is 424 g/mol. The Morgan fingerprint density at radius 1 is 1.08 bits per heavy atom. The van der Waals surface area contributed by atoms with Crippen LogP contribution < -0.4 is 0 Å². The molecule has 0 saturated carbocycles. The summed E-state index contributed by atoms with van der Waals surface area (Å²) in [5.41, 5.74) is 2.75. The third-order valence-corrected chi connectivity index (χ3v) is 8.49. The van der Waals surface area contributed by atoms with Gasteiger partial charge in [-0.2, -0.15) is 4.31 Å². The molecule has 1 aliphatic heterocycles. The zero-order chi connectivity index (χ0) is 18.2. The van der Waals surface area contributed by atoms with Crippen molar-refractivity contribution in [1.82, 2.24) is 9.21 Å². The first-order valence-electron chi connectivity index (χ1n) is 7.91. The molecule has 1 amide bonds. The van der Waals surface area contributed by atoms with Crippen LogP contribution in [0.1, 0.15) is 21.5 Å². The number of hydrogen-bond acceptors (Lipinski definition) is 4. The van der Waals surface area contributed by atoms with E-state index in [0.29, 0.717) is 36.0 Å². The molecule has 0 radical (unpaired) electrons. The van der Waals surface area contributed by atoms with Crippen LogP contribution in [0, 0.1) is 13.8 Å². The summed E-state index contributed by atoms with van der Waals surface area (Å²) < 4.78 is 27.9. The molecule has 1 aromatic carbocycles. The highest BCUT2D eigenvalue weighted by Gasteiger charge is 2.31. The maximum absolute atomic E-state index is 12.8. The number of halogens is 1. The van der Waals surface area contributed by atoms with E-state index in [2.05, 4.69) is 15.9 Å². The van der Waals surface area contributed by atoms with E-state index < -0.39 is 10.0 Å². The minimum absolute atomic E-state index is 0.0304. The molecule has 0 unspecified atom stereocenters. The average molecular weight is 443 g/mol. The van der Waals surface area contributed by atoms with E-state index in [0.717, 1.165) is 14.9 Å². The third kappa shape index (κ3) is 3.67. The van der Waals surface area contributed by atoms with Crippen molar-refractivity contribution in [2.45, 2.75) is 18.1 Å². The number of amides is 1. The summed E-state index contributed by atoms with van der Waals surface area (Å²) in [6.07, 6.45) is 0. The van der Waals surface area contributed by atoms with Crippen LogP contribution in [0.25, 0.3) is 0 Å². The van der Waals surface area contributed by atoms with E-state index in [1.165, 1.54) is 15.6 Å². The number of carbonyl (C=O) groups is 1. The monoisotopic (exact) mass is 442 g/mol. The van der Waals surface area contributed by atoms with Gasteiger partial charge in [-0.25, -0.2) is 8.42 Å². The molecule has 134 valence electrons. The van der Waals surface area contributed by atoms with Gasteiger partial charge in [0.1, 0.15) is 4.21 Å². The number of thiophene rings is 1. The molecule has 1 saturated heterocycles. The number of rotatable bonds is 3. The lowest BCUT2D eigenvalue weighted by atomic mass is 10.0.